The fourth-order valence-corrected chi connectivity index (χ4v) is 4.33. The molecule has 1 aliphatic heterocycles. The lowest BCUT2D eigenvalue weighted by atomic mass is 10.0. The van der Waals surface area contributed by atoms with Crippen LogP contribution < -0.4 is 10.6 Å². The molecular weight excluding hydrogens is 449 g/mol. The number of hydrogen-bond acceptors (Lipinski definition) is 8. The van der Waals surface area contributed by atoms with Crippen molar-refractivity contribution in [2.75, 3.05) is 37.8 Å². The third-order valence-electron chi connectivity index (χ3n) is 5.97. The standard InChI is InChI=1S/C21H25F3N10/c1-4-8-33-19-14(29-31-33)6-5-13(26-19)16-12(22)10-34-17(16)18(25-2)28-20(30-34)27-15-7-9-32(3)11-21(15,23)24/h5-6,10,15H,4,7-9,11H2,1-3H3,(H2,25,27,28,30)/t15-/m1/s1. The summed E-state index contributed by atoms with van der Waals surface area (Å²) in [5, 5.41) is 18.2. The number of piperidine rings is 1. The van der Waals surface area contributed by atoms with Gasteiger partial charge < -0.3 is 15.5 Å². The first-order valence-electron chi connectivity index (χ1n) is 11.1. The van der Waals surface area contributed by atoms with Gasteiger partial charge in [0.25, 0.3) is 5.92 Å². The Balaban J connectivity index is 1.57. The van der Waals surface area contributed by atoms with Gasteiger partial charge in [-0.3, -0.25) is 0 Å². The maximum absolute atomic E-state index is 15.2. The molecule has 0 saturated carbocycles. The van der Waals surface area contributed by atoms with E-state index in [1.54, 1.807) is 35.8 Å². The summed E-state index contributed by atoms with van der Waals surface area (Å²) < 4.78 is 47.2. The molecule has 5 heterocycles. The molecule has 13 heteroatoms. The van der Waals surface area contributed by atoms with Crippen molar-refractivity contribution in [2.24, 2.45) is 0 Å². The van der Waals surface area contributed by atoms with Crippen LogP contribution in [0.3, 0.4) is 0 Å². The smallest absolute Gasteiger partial charge is 0.280 e. The number of alkyl halides is 2. The summed E-state index contributed by atoms with van der Waals surface area (Å²) in [4.78, 5) is 10.6. The van der Waals surface area contributed by atoms with Crippen molar-refractivity contribution < 1.29 is 13.2 Å². The average molecular weight is 474 g/mol. The van der Waals surface area contributed by atoms with Crippen LogP contribution in [0.5, 0.6) is 0 Å². The topological polar surface area (TPSA) is 101 Å². The second-order valence-corrected chi connectivity index (χ2v) is 8.52. The molecular formula is C21H25F3N10. The molecule has 1 fully saturated rings. The maximum Gasteiger partial charge on any atom is 0.280 e. The molecule has 0 radical (unpaired) electrons. The van der Waals surface area contributed by atoms with E-state index in [0.29, 0.717) is 35.5 Å². The molecule has 1 saturated heterocycles. The summed E-state index contributed by atoms with van der Waals surface area (Å²) in [6.45, 7) is 2.81. The van der Waals surface area contributed by atoms with Crippen molar-refractivity contribution >= 4 is 28.4 Å². The zero-order chi connectivity index (χ0) is 24.0. The van der Waals surface area contributed by atoms with Crippen LogP contribution in [0.1, 0.15) is 19.8 Å². The van der Waals surface area contributed by atoms with Crippen LogP contribution in [0.2, 0.25) is 0 Å². The van der Waals surface area contributed by atoms with Crippen LogP contribution in [0.25, 0.3) is 27.9 Å². The van der Waals surface area contributed by atoms with Gasteiger partial charge >= 0.3 is 0 Å². The summed E-state index contributed by atoms with van der Waals surface area (Å²) >= 11 is 0. The summed E-state index contributed by atoms with van der Waals surface area (Å²) in [5.41, 5.74) is 2.08. The van der Waals surface area contributed by atoms with Gasteiger partial charge in [-0.05, 0) is 32.0 Å². The highest BCUT2D eigenvalue weighted by atomic mass is 19.3. The lowest BCUT2D eigenvalue weighted by molar-refractivity contribution is -0.0675. The van der Waals surface area contributed by atoms with E-state index in [1.165, 1.54) is 10.7 Å². The average Bonchev–Trinajstić information content (AvgIpc) is 3.34. The Labute approximate surface area is 193 Å². The largest absolute Gasteiger partial charge is 0.371 e. The maximum atomic E-state index is 15.2. The first-order chi connectivity index (χ1) is 16.3. The van der Waals surface area contributed by atoms with Crippen LogP contribution in [0, 0.1) is 5.82 Å². The number of pyridine rings is 1. The van der Waals surface area contributed by atoms with Crippen molar-refractivity contribution in [1.82, 2.24) is 39.5 Å². The van der Waals surface area contributed by atoms with Gasteiger partial charge in [0.2, 0.25) is 5.95 Å². The minimum Gasteiger partial charge on any atom is -0.371 e. The van der Waals surface area contributed by atoms with Gasteiger partial charge in [0.05, 0.1) is 30.0 Å². The zero-order valence-corrected chi connectivity index (χ0v) is 19.1. The number of nitrogens with zero attached hydrogens (tertiary/aromatic N) is 8. The Hall–Kier alpha value is -3.48. The molecule has 0 spiro atoms. The lowest BCUT2D eigenvalue weighted by Crippen LogP contribution is -2.53. The molecule has 180 valence electrons. The number of anilines is 2. The number of hydrogen-bond donors (Lipinski definition) is 2. The molecule has 1 aliphatic rings. The minimum atomic E-state index is -2.95. The molecule has 0 aliphatic carbocycles. The molecule has 5 rings (SSSR count). The fraction of sp³-hybridized carbons (Fsp3) is 0.476. The number of aromatic nitrogens is 7. The van der Waals surface area contributed by atoms with E-state index in [9.17, 15) is 8.78 Å². The van der Waals surface area contributed by atoms with Crippen LogP contribution in [-0.2, 0) is 6.54 Å². The van der Waals surface area contributed by atoms with Crippen molar-refractivity contribution in [3.8, 4) is 11.3 Å². The quantitative estimate of drug-likeness (QED) is 0.440. The highest BCUT2D eigenvalue weighted by Crippen LogP contribution is 2.34. The minimum absolute atomic E-state index is 0.0127. The van der Waals surface area contributed by atoms with Gasteiger partial charge in [-0.1, -0.05) is 12.1 Å². The van der Waals surface area contributed by atoms with E-state index >= 15 is 4.39 Å². The predicted octanol–water partition coefficient (Wildman–Crippen LogP) is 2.88. The number of halogens is 3. The van der Waals surface area contributed by atoms with Crippen LogP contribution in [0.4, 0.5) is 24.9 Å². The van der Waals surface area contributed by atoms with E-state index in [0.717, 1.165) is 6.42 Å². The van der Waals surface area contributed by atoms with Gasteiger partial charge in [0.15, 0.2) is 17.3 Å². The molecule has 1 atom stereocenters. The third kappa shape index (κ3) is 3.79. The van der Waals surface area contributed by atoms with E-state index < -0.39 is 17.8 Å². The Morgan fingerprint density at radius 2 is 2.06 bits per heavy atom. The number of likely N-dealkylation sites (tertiary alicyclic amines) is 1. The van der Waals surface area contributed by atoms with Crippen LogP contribution in [-0.4, -0.2) is 78.6 Å². The fourth-order valence-electron chi connectivity index (χ4n) is 4.33. The van der Waals surface area contributed by atoms with Crippen molar-refractivity contribution in [3.63, 3.8) is 0 Å². The van der Waals surface area contributed by atoms with E-state index in [2.05, 4.69) is 36.0 Å². The molecule has 0 unspecified atom stereocenters. The number of rotatable bonds is 6. The second kappa shape index (κ2) is 8.38. The molecule has 34 heavy (non-hydrogen) atoms. The first-order valence-corrected chi connectivity index (χ1v) is 11.1. The van der Waals surface area contributed by atoms with E-state index in [4.69, 9.17) is 0 Å². The summed E-state index contributed by atoms with van der Waals surface area (Å²) in [6.07, 6.45) is 2.27. The SMILES string of the molecule is CCCn1nnc2ccc(-c3c(F)cn4nc(N[C@@H]5CCN(C)CC5(F)F)nc(NC)c34)nc21. The Kier molecular flexibility index (Phi) is 5.50. The van der Waals surface area contributed by atoms with E-state index in [1.807, 2.05) is 6.92 Å². The second-order valence-electron chi connectivity index (χ2n) is 8.52. The molecule has 0 bridgehead atoms. The number of nitrogens with one attached hydrogen (secondary N) is 2. The monoisotopic (exact) mass is 474 g/mol. The first kappa shape index (κ1) is 22.3. The van der Waals surface area contributed by atoms with E-state index in [-0.39, 0.29) is 30.3 Å². The Morgan fingerprint density at radius 1 is 1.24 bits per heavy atom. The van der Waals surface area contributed by atoms with Gasteiger partial charge in [-0.2, -0.15) is 4.98 Å². The molecule has 4 aromatic rings. The highest BCUT2D eigenvalue weighted by Gasteiger charge is 2.44. The van der Waals surface area contributed by atoms with Gasteiger partial charge in [0.1, 0.15) is 11.0 Å². The molecule has 10 nitrogen and oxygen atoms in total. The summed E-state index contributed by atoms with van der Waals surface area (Å²) in [6, 6.07) is 2.27. The third-order valence-corrected chi connectivity index (χ3v) is 5.97. The number of fused-ring (bicyclic) bond motifs is 2. The zero-order valence-electron chi connectivity index (χ0n) is 19.1. The highest BCUT2D eigenvalue weighted by molar-refractivity contribution is 5.89. The van der Waals surface area contributed by atoms with Crippen LogP contribution >= 0.6 is 0 Å². The Morgan fingerprint density at radius 3 is 2.79 bits per heavy atom. The summed E-state index contributed by atoms with van der Waals surface area (Å²) in [5.74, 6) is -3.24. The van der Waals surface area contributed by atoms with Crippen molar-refractivity contribution in [1.29, 1.82) is 0 Å². The number of aryl methyl sites for hydroxylation is 1. The predicted molar refractivity (Wildman–Crippen MR) is 122 cm³/mol. The van der Waals surface area contributed by atoms with Gasteiger partial charge in [-0.25, -0.2) is 27.4 Å². The van der Waals surface area contributed by atoms with Gasteiger partial charge in [-0.15, -0.1) is 10.2 Å². The molecule has 0 amide bonds. The van der Waals surface area contributed by atoms with Gasteiger partial charge in [0, 0.05) is 20.1 Å². The van der Waals surface area contributed by atoms with Crippen LogP contribution in [0.15, 0.2) is 18.3 Å². The lowest BCUT2D eigenvalue weighted by Gasteiger charge is -2.36. The van der Waals surface area contributed by atoms with Crippen molar-refractivity contribution in [3.05, 3.63) is 24.1 Å². The normalized spacial score (nSPS) is 18.6. The molecule has 0 aromatic carbocycles. The van der Waals surface area contributed by atoms with Crippen molar-refractivity contribution in [2.45, 2.75) is 38.3 Å². The summed E-state index contributed by atoms with van der Waals surface area (Å²) in [7, 11) is 3.29. The molecule has 4 aromatic heterocycles. The molecule has 2 N–H and O–H groups in total. The Bertz CT molecular complexity index is 1350.